The molecular formula is C11H15FN2O2S2. The van der Waals surface area contributed by atoms with Crippen molar-refractivity contribution < 1.29 is 12.8 Å². The zero-order valence-electron chi connectivity index (χ0n) is 9.94. The van der Waals surface area contributed by atoms with Crippen molar-refractivity contribution in [3.63, 3.8) is 0 Å². The van der Waals surface area contributed by atoms with Crippen LogP contribution < -0.4 is 10.5 Å². The summed E-state index contributed by atoms with van der Waals surface area (Å²) in [6.07, 6.45) is 1.29. The lowest BCUT2D eigenvalue weighted by Crippen LogP contribution is -2.21. The van der Waals surface area contributed by atoms with Gasteiger partial charge in [-0.05, 0) is 18.6 Å². The second-order valence-corrected chi connectivity index (χ2v) is 6.08. The van der Waals surface area contributed by atoms with Crippen molar-refractivity contribution in [3.8, 4) is 0 Å². The highest BCUT2D eigenvalue weighted by atomic mass is 32.2. The molecule has 0 aliphatic rings. The number of halogens is 1. The smallest absolute Gasteiger partial charge is 0.232 e. The molecule has 1 rings (SSSR count). The molecule has 0 aliphatic carbocycles. The Labute approximate surface area is 111 Å². The Morgan fingerprint density at radius 3 is 2.72 bits per heavy atom. The molecule has 0 atom stereocenters. The summed E-state index contributed by atoms with van der Waals surface area (Å²) in [6.45, 7) is 1.89. The van der Waals surface area contributed by atoms with Gasteiger partial charge in [-0.25, -0.2) is 12.8 Å². The number of hydrogen-bond acceptors (Lipinski definition) is 3. The average molecular weight is 290 g/mol. The number of rotatable bonds is 6. The second kappa shape index (κ2) is 6.10. The number of hydrogen-bond donors (Lipinski definition) is 2. The molecule has 100 valence electrons. The van der Waals surface area contributed by atoms with E-state index in [1.54, 1.807) is 0 Å². The molecule has 0 spiro atoms. The Morgan fingerprint density at radius 2 is 2.17 bits per heavy atom. The number of sulfonamides is 1. The Kier molecular flexibility index (Phi) is 5.03. The van der Waals surface area contributed by atoms with Gasteiger partial charge in [0.15, 0.2) is 0 Å². The van der Waals surface area contributed by atoms with E-state index in [4.69, 9.17) is 18.0 Å². The lowest BCUT2D eigenvalue weighted by atomic mass is 10.2. The zero-order chi connectivity index (χ0) is 13.8. The van der Waals surface area contributed by atoms with Crippen LogP contribution >= 0.6 is 12.2 Å². The van der Waals surface area contributed by atoms with Crippen LogP contribution in [0.5, 0.6) is 0 Å². The number of anilines is 1. The highest BCUT2D eigenvalue weighted by Crippen LogP contribution is 2.20. The fourth-order valence-corrected chi connectivity index (χ4v) is 2.90. The fourth-order valence-electron chi connectivity index (χ4n) is 1.41. The summed E-state index contributed by atoms with van der Waals surface area (Å²) in [4.78, 5) is -0.179. The maximum atomic E-state index is 13.5. The molecule has 0 aromatic heterocycles. The average Bonchev–Trinajstić information content (AvgIpc) is 2.25. The maximum Gasteiger partial charge on any atom is 0.232 e. The Hall–Kier alpha value is -1.21. The molecule has 0 saturated carbocycles. The first-order valence-electron chi connectivity index (χ1n) is 5.46. The van der Waals surface area contributed by atoms with Crippen LogP contribution in [0.25, 0.3) is 0 Å². The van der Waals surface area contributed by atoms with E-state index in [-0.39, 0.29) is 22.0 Å². The normalized spacial score (nSPS) is 11.2. The lowest BCUT2D eigenvalue weighted by molar-refractivity contribution is 0.597. The molecule has 0 saturated heterocycles. The van der Waals surface area contributed by atoms with Gasteiger partial charge in [0.1, 0.15) is 10.8 Å². The summed E-state index contributed by atoms with van der Waals surface area (Å²) in [5.41, 5.74) is 5.40. The van der Waals surface area contributed by atoms with Crippen LogP contribution in [0.1, 0.15) is 25.3 Å². The van der Waals surface area contributed by atoms with Crippen molar-refractivity contribution in [1.82, 2.24) is 0 Å². The molecule has 0 aliphatic heterocycles. The summed E-state index contributed by atoms with van der Waals surface area (Å²) < 4.78 is 39.3. The predicted octanol–water partition coefficient (Wildman–Crippen LogP) is 2.00. The van der Waals surface area contributed by atoms with E-state index < -0.39 is 15.8 Å². The number of thiocarbonyl (C=S) groups is 1. The minimum atomic E-state index is -3.50. The van der Waals surface area contributed by atoms with Gasteiger partial charge in [-0.1, -0.05) is 31.6 Å². The van der Waals surface area contributed by atoms with E-state index >= 15 is 0 Å². The maximum absolute atomic E-state index is 13.5. The zero-order valence-corrected chi connectivity index (χ0v) is 11.6. The van der Waals surface area contributed by atoms with E-state index in [1.165, 1.54) is 18.2 Å². The molecule has 3 N–H and O–H groups in total. The number of nitrogens with two attached hydrogens (primary N) is 1. The molecular weight excluding hydrogens is 275 g/mol. The van der Waals surface area contributed by atoms with Crippen molar-refractivity contribution in [2.75, 3.05) is 10.5 Å². The third-order valence-electron chi connectivity index (χ3n) is 2.29. The van der Waals surface area contributed by atoms with E-state index in [2.05, 4.69) is 4.72 Å². The summed E-state index contributed by atoms with van der Waals surface area (Å²) in [7, 11) is -3.50. The summed E-state index contributed by atoms with van der Waals surface area (Å²) in [5.74, 6) is -0.658. The van der Waals surface area contributed by atoms with Crippen molar-refractivity contribution in [2.24, 2.45) is 5.73 Å². The predicted molar refractivity (Wildman–Crippen MR) is 74.6 cm³/mol. The summed E-state index contributed by atoms with van der Waals surface area (Å²) >= 11 is 4.72. The first-order chi connectivity index (χ1) is 8.37. The quantitative estimate of drug-likeness (QED) is 0.786. The van der Waals surface area contributed by atoms with Crippen LogP contribution in [-0.2, 0) is 10.0 Å². The van der Waals surface area contributed by atoms with E-state index in [1.807, 2.05) is 6.92 Å². The minimum Gasteiger partial charge on any atom is -0.389 e. The van der Waals surface area contributed by atoms with Crippen LogP contribution in [0.2, 0.25) is 0 Å². The van der Waals surface area contributed by atoms with Crippen LogP contribution in [0.4, 0.5) is 10.1 Å². The van der Waals surface area contributed by atoms with E-state index in [9.17, 15) is 12.8 Å². The lowest BCUT2D eigenvalue weighted by Gasteiger charge is -2.12. The third-order valence-corrected chi connectivity index (χ3v) is 3.85. The molecule has 0 fully saturated rings. The van der Waals surface area contributed by atoms with Crippen molar-refractivity contribution in [2.45, 2.75) is 19.8 Å². The van der Waals surface area contributed by atoms with Crippen LogP contribution in [0, 0.1) is 5.82 Å². The van der Waals surface area contributed by atoms with Gasteiger partial charge in [-0.3, -0.25) is 4.72 Å². The van der Waals surface area contributed by atoms with E-state index in [0.29, 0.717) is 6.42 Å². The molecule has 7 heteroatoms. The number of benzene rings is 1. The molecule has 0 bridgehead atoms. The van der Waals surface area contributed by atoms with Gasteiger partial charge in [-0.15, -0.1) is 0 Å². The topological polar surface area (TPSA) is 72.2 Å². The third kappa shape index (κ3) is 3.92. The first kappa shape index (κ1) is 14.8. The van der Waals surface area contributed by atoms with E-state index in [0.717, 1.165) is 6.42 Å². The van der Waals surface area contributed by atoms with Crippen molar-refractivity contribution in [1.29, 1.82) is 0 Å². The molecule has 4 nitrogen and oxygen atoms in total. The molecule has 18 heavy (non-hydrogen) atoms. The van der Waals surface area contributed by atoms with Crippen molar-refractivity contribution in [3.05, 3.63) is 29.6 Å². The summed E-state index contributed by atoms with van der Waals surface area (Å²) in [6, 6.07) is 4.01. The SMILES string of the molecule is CCCCS(=O)(=O)Nc1cccc(F)c1C(N)=S. The summed E-state index contributed by atoms with van der Waals surface area (Å²) in [5, 5.41) is 0. The molecule has 0 heterocycles. The molecule has 0 unspecified atom stereocenters. The molecule has 0 radical (unpaired) electrons. The number of nitrogens with one attached hydrogen (secondary N) is 1. The van der Waals surface area contributed by atoms with Gasteiger partial charge in [0.25, 0.3) is 0 Å². The van der Waals surface area contributed by atoms with Crippen LogP contribution in [0.15, 0.2) is 18.2 Å². The van der Waals surface area contributed by atoms with Gasteiger partial charge < -0.3 is 5.73 Å². The van der Waals surface area contributed by atoms with Crippen molar-refractivity contribution >= 4 is 32.9 Å². The Morgan fingerprint density at radius 1 is 1.50 bits per heavy atom. The van der Waals surface area contributed by atoms with Gasteiger partial charge in [0, 0.05) is 0 Å². The fraction of sp³-hybridized carbons (Fsp3) is 0.364. The minimum absolute atomic E-state index is 0.0171. The molecule has 1 aromatic carbocycles. The Bertz CT molecular complexity index is 544. The van der Waals surface area contributed by atoms with Gasteiger partial charge in [0.05, 0.1) is 17.0 Å². The second-order valence-electron chi connectivity index (χ2n) is 3.80. The Balaban J connectivity index is 3.05. The molecule has 1 aromatic rings. The monoisotopic (exact) mass is 290 g/mol. The van der Waals surface area contributed by atoms with Crippen LogP contribution in [0.3, 0.4) is 0 Å². The first-order valence-corrected chi connectivity index (χ1v) is 7.52. The van der Waals surface area contributed by atoms with Gasteiger partial charge in [-0.2, -0.15) is 0 Å². The highest BCUT2D eigenvalue weighted by molar-refractivity contribution is 7.92. The van der Waals surface area contributed by atoms with Gasteiger partial charge in [0.2, 0.25) is 10.0 Å². The number of unbranched alkanes of at least 4 members (excludes halogenated alkanes) is 1. The van der Waals surface area contributed by atoms with Crippen LogP contribution in [-0.4, -0.2) is 19.2 Å². The highest BCUT2D eigenvalue weighted by Gasteiger charge is 2.16. The largest absolute Gasteiger partial charge is 0.389 e. The molecule has 0 amide bonds. The van der Waals surface area contributed by atoms with Gasteiger partial charge >= 0.3 is 0 Å². The standard InChI is InChI=1S/C11H15FN2O2S2/c1-2-3-7-18(15,16)14-9-6-4-5-8(12)10(9)11(13)17/h4-6,14H,2-3,7H2,1H3,(H2,13,17).